The lowest BCUT2D eigenvalue weighted by Crippen LogP contribution is -2.66. The second-order valence-corrected chi connectivity index (χ2v) is 11.2. The van der Waals surface area contributed by atoms with Crippen LogP contribution in [0, 0.1) is 10.8 Å². The van der Waals surface area contributed by atoms with Crippen LogP contribution in [0.25, 0.3) is 0 Å². The number of ether oxygens (including phenoxy) is 2. The minimum atomic E-state index is -0.768. The van der Waals surface area contributed by atoms with Gasteiger partial charge in [-0.25, -0.2) is 0 Å². The van der Waals surface area contributed by atoms with Crippen molar-refractivity contribution in [3.63, 3.8) is 0 Å². The molecule has 0 aromatic rings. The van der Waals surface area contributed by atoms with Gasteiger partial charge in [0.05, 0.1) is 11.0 Å². The Morgan fingerprint density at radius 3 is 2.38 bits per heavy atom. The Balaban J connectivity index is 1.92. The number of aliphatic hydroxyl groups excluding tert-OH is 1. The molecule has 0 aromatic carbocycles. The molecule has 1 spiro atoms. The summed E-state index contributed by atoms with van der Waals surface area (Å²) in [6.07, 6.45) is 0.797. The number of halogens is 3. The zero-order chi connectivity index (χ0) is 15.6. The summed E-state index contributed by atoms with van der Waals surface area (Å²) in [4.78, 5) is -0.156. The smallest absolute Gasteiger partial charge is 0.157 e. The van der Waals surface area contributed by atoms with E-state index in [-0.39, 0.29) is 38.3 Å². The van der Waals surface area contributed by atoms with E-state index in [0.717, 1.165) is 12.8 Å². The molecule has 2 bridgehead atoms. The van der Waals surface area contributed by atoms with Crippen LogP contribution in [-0.4, -0.2) is 43.2 Å². The minimum absolute atomic E-state index is 0.0182. The van der Waals surface area contributed by atoms with Gasteiger partial charge in [0.25, 0.3) is 0 Å². The maximum absolute atomic E-state index is 10.8. The Morgan fingerprint density at radius 1 is 1.14 bits per heavy atom. The Bertz CT molecular complexity index is 527. The first kappa shape index (κ1) is 15.6. The van der Waals surface area contributed by atoms with Gasteiger partial charge in [-0.2, -0.15) is 0 Å². The van der Waals surface area contributed by atoms with Crippen LogP contribution in [0.4, 0.5) is 0 Å². The summed E-state index contributed by atoms with van der Waals surface area (Å²) in [5, 5.41) is 10.8. The molecule has 4 rings (SSSR count). The van der Waals surface area contributed by atoms with E-state index in [1.165, 1.54) is 0 Å². The van der Waals surface area contributed by atoms with Gasteiger partial charge in [0.15, 0.2) is 4.51 Å². The Kier molecular flexibility index (Phi) is 2.87. The number of epoxide rings is 1. The summed E-state index contributed by atoms with van der Waals surface area (Å²) in [5.41, 5.74) is -0.755. The van der Waals surface area contributed by atoms with E-state index < -0.39 is 10.6 Å². The summed E-state index contributed by atoms with van der Waals surface area (Å²) >= 11 is 14.3. The molecule has 120 valence electrons. The van der Waals surface area contributed by atoms with Crippen LogP contribution >= 0.6 is 43.5 Å². The number of rotatable bonds is 0. The van der Waals surface area contributed by atoms with Crippen LogP contribution in [0.15, 0.2) is 0 Å². The summed E-state index contributed by atoms with van der Waals surface area (Å²) in [6, 6.07) is 0. The first-order chi connectivity index (χ1) is 9.44. The molecular formula is C15H21Br2ClO3. The van der Waals surface area contributed by atoms with Gasteiger partial charge >= 0.3 is 0 Å². The fraction of sp³-hybridized carbons (Fsp3) is 1.00. The molecule has 0 aromatic heterocycles. The highest BCUT2D eigenvalue weighted by molar-refractivity contribution is 9.10. The van der Waals surface area contributed by atoms with Gasteiger partial charge in [-0.05, 0) is 26.7 Å². The average molecular weight is 445 g/mol. The van der Waals surface area contributed by atoms with Crippen LogP contribution in [0.1, 0.15) is 40.5 Å². The lowest BCUT2D eigenvalue weighted by Gasteiger charge is -2.57. The molecule has 21 heavy (non-hydrogen) atoms. The van der Waals surface area contributed by atoms with Gasteiger partial charge in [0.1, 0.15) is 17.8 Å². The topological polar surface area (TPSA) is 42.0 Å². The van der Waals surface area contributed by atoms with E-state index in [2.05, 4.69) is 59.6 Å². The SMILES string of the molecule is CC1(C)[C@@]2(Br)O[C@@H]3C[C@@](C)(Cl)[C@@H](Br)C[C@]31[C@]1(C)O[C@@H]1[C@@H]2O. The van der Waals surface area contributed by atoms with Crippen LogP contribution in [-0.2, 0) is 9.47 Å². The van der Waals surface area contributed by atoms with E-state index in [0.29, 0.717) is 0 Å². The predicted octanol–water partition coefficient (Wildman–Crippen LogP) is 3.58. The number of hydrogen-bond acceptors (Lipinski definition) is 3. The highest BCUT2D eigenvalue weighted by atomic mass is 79.9. The van der Waals surface area contributed by atoms with Gasteiger partial charge in [-0.1, -0.05) is 45.7 Å². The van der Waals surface area contributed by atoms with Crippen LogP contribution in [0.3, 0.4) is 0 Å². The van der Waals surface area contributed by atoms with Crippen molar-refractivity contribution in [2.75, 3.05) is 0 Å². The molecule has 2 aliphatic heterocycles. The number of fused-ring (bicyclic) bond motifs is 2. The number of aliphatic hydroxyl groups is 1. The third-order valence-corrected chi connectivity index (χ3v) is 10.6. The van der Waals surface area contributed by atoms with Crippen LogP contribution in [0.5, 0.6) is 0 Å². The fourth-order valence-electron chi connectivity index (χ4n) is 5.48. The first-order valence-electron chi connectivity index (χ1n) is 7.50. The third kappa shape index (κ3) is 1.41. The molecule has 0 radical (unpaired) electrons. The zero-order valence-corrected chi connectivity index (χ0v) is 16.5. The maximum Gasteiger partial charge on any atom is 0.157 e. The second-order valence-electron chi connectivity index (χ2n) is 8.09. The summed E-state index contributed by atoms with van der Waals surface area (Å²) in [7, 11) is 0. The van der Waals surface area contributed by atoms with Crippen LogP contribution < -0.4 is 0 Å². The van der Waals surface area contributed by atoms with Gasteiger partial charge in [0, 0.05) is 15.7 Å². The maximum atomic E-state index is 10.8. The predicted molar refractivity (Wildman–Crippen MR) is 88.2 cm³/mol. The van der Waals surface area contributed by atoms with Crippen LogP contribution in [0.2, 0.25) is 0 Å². The quantitative estimate of drug-likeness (QED) is 0.459. The Hall–Kier alpha value is 1.13. The van der Waals surface area contributed by atoms with Gasteiger partial charge in [-0.3, -0.25) is 0 Å². The Morgan fingerprint density at radius 2 is 1.76 bits per heavy atom. The van der Waals surface area contributed by atoms with Gasteiger partial charge in [-0.15, -0.1) is 11.6 Å². The molecule has 6 heteroatoms. The number of hydrogen-bond donors (Lipinski definition) is 1. The van der Waals surface area contributed by atoms with E-state index in [1.807, 2.05) is 0 Å². The normalized spacial score (nSPS) is 67.4. The van der Waals surface area contributed by atoms with E-state index in [4.69, 9.17) is 21.1 Å². The second kappa shape index (κ2) is 3.85. The molecule has 4 fully saturated rings. The summed E-state index contributed by atoms with van der Waals surface area (Å²) in [6.45, 7) is 8.56. The van der Waals surface area contributed by atoms with Crippen molar-refractivity contribution >= 4 is 43.5 Å². The van der Waals surface area contributed by atoms with E-state index in [9.17, 15) is 5.11 Å². The fourth-order valence-corrected chi connectivity index (χ4v) is 7.22. The molecule has 2 saturated carbocycles. The molecule has 2 aliphatic carbocycles. The molecule has 0 unspecified atom stereocenters. The molecule has 2 saturated heterocycles. The minimum Gasteiger partial charge on any atom is -0.386 e. The molecule has 3 nitrogen and oxygen atoms in total. The van der Waals surface area contributed by atoms with Gasteiger partial charge in [0.2, 0.25) is 0 Å². The molecule has 4 aliphatic rings. The molecule has 0 amide bonds. The van der Waals surface area contributed by atoms with Crippen molar-refractivity contribution in [3.8, 4) is 0 Å². The molecule has 1 N–H and O–H groups in total. The zero-order valence-electron chi connectivity index (χ0n) is 12.6. The lowest BCUT2D eigenvalue weighted by molar-refractivity contribution is -0.0937. The third-order valence-electron chi connectivity index (χ3n) is 6.98. The largest absolute Gasteiger partial charge is 0.386 e. The lowest BCUT2D eigenvalue weighted by atomic mass is 9.47. The van der Waals surface area contributed by atoms with E-state index >= 15 is 0 Å². The summed E-state index contributed by atoms with van der Waals surface area (Å²) in [5.74, 6) is 0. The average Bonchev–Trinajstić information content (AvgIpc) is 3.00. The van der Waals surface area contributed by atoms with E-state index in [1.54, 1.807) is 0 Å². The van der Waals surface area contributed by atoms with Crippen molar-refractivity contribution in [1.29, 1.82) is 0 Å². The van der Waals surface area contributed by atoms with Crippen molar-refractivity contribution in [2.45, 2.75) is 78.7 Å². The standard InChI is InChI=1S/C15H21Br2ClO3/c1-11(2)14-5-7(16)12(3,18)6-8(14)20-15(11,17)9(19)10-13(14,4)21-10/h7-10,19H,5-6H2,1-4H3/t7-,8+,9-,10+,12+,13+,14-,15-/m0/s1. The first-order valence-corrected chi connectivity index (χ1v) is 9.58. The monoisotopic (exact) mass is 442 g/mol. The van der Waals surface area contributed by atoms with Crippen molar-refractivity contribution < 1.29 is 14.6 Å². The van der Waals surface area contributed by atoms with Crippen molar-refractivity contribution in [1.82, 2.24) is 0 Å². The highest BCUT2D eigenvalue weighted by Crippen LogP contribution is 2.80. The number of alkyl halides is 3. The summed E-state index contributed by atoms with van der Waals surface area (Å²) < 4.78 is 11.7. The van der Waals surface area contributed by atoms with Crippen molar-refractivity contribution in [3.05, 3.63) is 0 Å². The highest BCUT2D eigenvalue weighted by Gasteiger charge is 2.89. The molecular weight excluding hydrogens is 423 g/mol. The molecule has 8 atom stereocenters. The molecule has 2 heterocycles. The Labute approximate surface area is 147 Å². The van der Waals surface area contributed by atoms with Gasteiger partial charge < -0.3 is 14.6 Å². The van der Waals surface area contributed by atoms with Crippen molar-refractivity contribution in [2.24, 2.45) is 10.8 Å².